The minimum absolute atomic E-state index is 0.301. The van der Waals surface area contributed by atoms with E-state index >= 15 is 0 Å². The zero-order chi connectivity index (χ0) is 9.84. The molecule has 1 heterocycles. The first-order valence-electron chi connectivity index (χ1n) is 4.17. The van der Waals surface area contributed by atoms with Crippen molar-refractivity contribution in [2.45, 2.75) is 12.6 Å². The van der Waals surface area contributed by atoms with Crippen molar-refractivity contribution in [2.75, 3.05) is 20.1 Å². The van der Waals surface area contributed by atoms with Gasteiger partial charge in [-0.2, -0.15) is 0 Å². The van der Waals surface area contributed by atoms with E-state index < -0.39 is 12.2 Å². The Morgan fingerprint density at radius 2 is 2.23 bits per heavy atom. The molecule has 13 heavy (non-hydrogen) atoms. The normalized spacial score (nSPS) is 21.9. The maximum absolute atomic E-state index is 11.1. The Morgan fingerprint density at radius 1 is 1.54 bits per heavy atom. The average Bonchev–Trinajstić information content (AvgIpc) is 2.41. The van der Waals surface area contributed by atoms with Crippen molar-refractivity contribution < 1.29 is 9.59 Å². The van der Waals surface area contributed by atoms with E-state index in [0.29, 0.717) is 13.1 Å². The molecule has 74 valence electrons. The third kappa shape index (κ3) is 2.40. The highest BCUT2D eigenvalue weighted by molar-refractivity contribution is 6.03. The minimum atomic E-state index is -0.543. The van der Waals surface area contributed by atoms with Gasteiger partial charge in [-0.15, -0.1) is 0 Å². The van der Waals surface area contributed by atoms with Gasteiger partial charge in [-0.05, 0) is 20.0 Å². The lowest BCUT2D eigenvalue weighted by atomic mass is 10.3. The quantitative estimate of drug-likeness (QED) is 0.463. The number of carbonyl (C=O) groups is 2. The van der Waals surface area contributed by atoms with E-state index in [9.17, 15) is 9.59 Å². The van der Waals surface area contributed by atoms with Crippen molar-refractivity contribution in [1.29, 1.82) is 0 Å². The van der Waals surface area contributed by atoms with Gasteiger partial charge in [0.05, 0.1) is 0 Å². The van der Waals surface area contributed by atoms with Crippen molar-refractivity contribution in [2.24, 2.45) is 5.73 Å². The fourth-order valence-electron chi connectivity index (χ4n) is 1.19. The van der Waals surface area contributed by atoms with Crippen LogP contribution in [-0.4, -0.2) is 43.1 Å². The summed E-state index contributed by atoms with van der Waals surface area (Å²) in [5.74, 6) is -0.301. The van der Waals surface area contributed by atoms with Crippen LogP contribution in [0.15, 0.2) is 0 Å². The van der Waals surface area contributed by atoms with Gasteiger partial charge in [-0.1, -0.05) is 0 Å². The maximum Gasteiger partial charge on any atom is 0.323 e. The number of urea groups is 1. The second kappa shape index (κ2) is 4.20. The molecule has 1 rings (SSSR count). The molecule has 1 unspecified atom stereocenters. The van der Waals surface area contributed by atoms with Crippen LogP contribution in [0.1, 0.15) is 6.42 Å². The van der Waals surface area contributed by atoms with Gasteiger partial charge in [-0.3, -0.25) is 15.0 Å². The zero-order valence-corrected chi connectivity index (χ0v) is 7.54. The molecule has 0 saturated carbocycles. The van der Waals surface area contributed by atoms with Crippen molar-refractivity contribution in [3.63, 3.8) is 0 Å². The van der Waals surface area contributed by atoms with Crippen LogP contribution in [0.4, 0.5) is 4.79 Å². The first-order chi connectivity index (χ1) is 6.15. The Hall–Kier alpha value is -1.14. The Bertz CT molecular complexity index is 219. The molecule has 1 aliphatic heterocycles. The lowest BCUT2D eigenvalue weighted by molar-refractivity contribution is -0.123. The topological polar surface area (TPSA) is 87.5 Å². The van der Waals surface area contributed by atoms with Gasteiger partial charge in [0.2, 0.25) is 0 Å². The Balaban J connectivity index is 2.42. The summed E-state index contributed by atoms with van der Waals surface area (Å²) in [4.78, 5) is 23.6. The van der Waals surface area contributed by atoms with Gasteiger partial charge in [0, 0.05) is 6.54 Å². The third-order valence-electron chi connectivity index (χ3n) is 1.91. The molecule has 4 N–H and O–H groups in total. The van der Waals surface area contributed by atoms with E-state index in [2.05, 4.69) is 10.6 Å². The van der Waals surface area contributed by atoms with Crippen LogP contribution in [0.5, 0.6) is 0 Å². The molecular formula is C7H14N4O2. The molecule has 0 aromatic carbocycles. The van der Waals surface area contributed by atoms with Crippen LogP contribution < -0.4 is 16.4 Å². The van der Waals surface area contributed by atoms with Crippen LogP contribution in [0.3, 0.4) is 0 Å². The highest BCUT2D eigenvalue weighted by atomic mass is 16.2. The van der Waals surface area contributed by atoms with Gasteiger partial charge in [-0.25, -0.2) is 4.79 Å². The van der Waals surface area contributed by atoms with Crippen molar-refractivity contribution in [1.82, 2.24) is 15.5 Å². The molecular weight excluding hydrogens is 172 g/mol. The Kier molecular flexibility index (Phi) is 3.21. The maximum atomic E-state index is 11.1. The first-order valence-corrected chi connectivity index (χ1v) is 4.17. The third-order valence-corrected chi connectivity index (χ3v) is 1.91. The van der Waals surface area contributed by atoms with E-state index in [1.54, 1.807) is 11.9 Å². The van der Waals surface area contributed by atoms with Crippen LogP contribution in [0, 0.1) is 0 Å². The fourth-order valence-corrected chi connectivity index (χ4v) is 1.19. The lowest BCUT2D eigenvalue weighted by Gasteiger charge is -2.20. The van der Waals surface area contributed by atoms with Gasteiger partial charge in [0.1, 0.15) is 0 Å². The molecule has 0 aromatic heterocycles. The highest BCUT2D eigenvalue weighted by Gasteiger charge is 2.32. The van der Waals surface area contributed by atoms with E-state index in [1.165, 1.54) is 0 Å². The number of hydrogen-bond acceptors (Lipinski definition) is 4. The highest BCUT2D eigenvalue weighted by Crippen LogP contribution is 1.99. The van der Waals surface area contributed by atoms with Crippen LogP contribution in [-0.2, 0) is 4.79 Å². The number of carbonyl (C=O) groups excluding carboxylic acids is 2. The predicted octanol–water partition coefficient (Wildman–Crippen LogP) is -1.57. The van der Waals surface area contributed by atoms with Gasteiger partial charge >= 0.3 is 6.03 Å². The molecule has 0 aliphatic carbocycles. The van der Waals surface area contributed by atoms with Gasteiger partial charge in [0.15, 0.2) is 6.17 Å². The van der Waals surface area contributed by atoms with Crippen LogP contribution >= 0.6 is 0 Å². The molecule has 0 radical (unpaired) electrons. The van der Waals surface area contributed by atoms with E-state index in [4.69, 9.17) is 5.73 Å². The van der Waals surface area contributed by atoms with Crippen molar-refractivity contribution in [3.8, 4) is 0 Å². The molecule has 1 atom stereocenters. The summed E-state index contributed by atoms with van der Waals surface area (Å²) in [5.41, 5.74) is 5.32. The summed E-state index contributed by atoms with van der Waals surface area (Å²) in [6.07, 6.45) is 0.259. The molecule has 1 fully saturated rings. The predicted molar refractivity (Wildman–Crippen MR) is 46.8 cm³/mol. The van der Waals surface area contributed by atoms with E-state index in [-0.39, 0.29) is 5.91 Å². The molecule has 0 bridgehead atoms. The van der Waals surface area contributed by atoms with Gasteiger partial charge < -0.3 is 11.1 Å². The second-order valence-electron chi connectivity index (χ2n) is 2.99. The Labute approximate surface area is 76.4 Å². The fraction of sp³-hybridized carbons (Fsp3) is 0.714. The number of likely N-dealkylation sites (N-methyl/N-ethyl adjacent to an activating group) is 1. The number of nitrogens with zero attached hydrogens (tertiary/aromatic N) is 1. The van der Waals surface area contributed by atoms with Crippen molar-refractivity contribution in [3.05, 3.63) is 0 Å². The molecule has 1 saturated heterocycles. The number of nitrogens with two attached hydrogens (primary N) is 1. The lowest BCUT2D eigenvalue weighted by Crippen LogP contribution is -2.45. The van der Waals surface area contributed by atoms with E-state index in [0.717, 1.165) is 6.42 Å². The number of imide groups is 1. The first kappa shape index (κ1) is 9.94. The summed E-state index contributed by atoms with van der Waals surface area (Å²) in [7, 11) is 1.77. The molecule has 3 amide bonds. The molecule has 6 heteroatoms. The number of rotatable bonds is 4. The monoisotopic (exact) mass is 186 g/mol. The van der Waals surface area contributed by atoms with Crippen LogP contribution in [0.25, 0.3) is 0 Å². The average molecular weight is 186 g/mol. The van der Waals surface area contributed by atoms with Crippen molar-refractivity contribution >= 4 is 11.9 Å². The summed E-state index contributed by atoms with van der Waals surface area (Å²) < 4.78 is 0. The standard InChI is InChI=1S/C7H14N4O2/c1-11(4-2-3-8)5-6(12)10-7(13)9-5/h5H,2-4,8H2,1H3,(H2,9,10,12,13). The van der Waals surface area contributed by atoms with E-state index in [1.807, 2.05) is 0 Å². The Morgan fingerprint density at radius 3 is 2.69 bits per heavy atom. The number of amides is 3. The molecule has 0 spiro atoms. The summed E-state index contributed by atoms with van der Waals surface area (Å²) in [6, 6.07) is -0.436. The minimum Gasteiger partial charge on any atom is -0.330 e. The molecule has 1 aliphatic rings. The number of nitrogens with one attached hydrogen (secondary N) is 2. The summed E-state index contributed by atoms with van der Waals surface area (Å²) in [5, 5.41) is 4.66. The van der Waals surface area contributed by atoms with Gasteiger partial charge in [0.25, 0.3) is 5.91 Å². The zero-order valence-electron chi connectivity index (χ0n) is 7.54. The molecule has 6 nitrogen and oxygen atoms in total. The second-order valence-corrected chi connectivity index (χ2v) is 2.99. The smallest absolute Gasteiger partial charge is 0.323 e. The SMILES string of the molecule is CN(CCCN)C1NC(=O)NC1=O. The largest absolute Gasteiger partial charge is 0.330 e. The number of hydrogen-bond donors (Lipinski definition) is 3. The van der Waals surface area contributed by atoms with Crippen LogP contribution in [0.2, 0.25) is 0 Å². The summed E-state index contributed by atoms with van der Waals surface area (Å²) >= 11 is 0. The molecule has 0 aromatic rings. The summed E-state index contributed by atoms with van der Waals surface area (Å²) in [6.45, 7) is 1.27.